The molecule has 0 saturated carbocycles. The highest BCUT2D eigenvalue weighted by Crippen LogP contribution is 2.28. The van der Waals surface area contributed by atoms with Crippen molar-refractivity contribution in [3.8, 4) is 0 Å². The summed E-state index contributed by atoms with van der Waals surface area (Å²) in [5, 5.41) is 0. The third-order valence-corrected chi connectivity index (χ3v) is 5.35. The molecule has 2 rings (SSSR count). The summed E-state index contributed by atoms with van der Waals surface area (Å²) < 4.78 is 49.7. The van der Waals surface area contributed by atoms with E-state index < -0.39 is 20.0 Å². The zero-order valence-corrected chi connectivity index (χ0v) is 12.4. The lowest BCUT2D eigenvalue weighted by molar-refractivity contribution is 0.599. The second kappa shape index (κ2) is 4.68. The molecule has 106 valence electrons. The summed E-state index contributed by atoms with van der Waals surface area (Å²) >= 11 is 0. The first-order valence-electron chi connectivity index (χ1n) is 5.78. The molecule has 0 radical (unpaired) electrons. The van der Waals surface area contributed by atoms with E-state index in [4.69, 9.17) is 0 Å². The topological polar surface area (TPSA) is 83.6 Å². The molecule has 0 aliphatic carbocycles. The van der Waals surface area contributed by atoms with Crippen molar-refractivity contribution in [1.82, 2.24) is 0 Å². The maximum absolute atomic E-state index is 11.8. The fraction of sp³-hybridized carbons (Fsp3) is 0.455. The summed E-state index contributed by atoms with van der Waals surface area (Å²) in [6.45, 7) is 2.21. The third kappa shape index (κ3) is 3.19. The third-order valence-electron chi connectivity index (χ3n) is 2.89. The highest BCUT2D eigenvalue weighted by Gasteiger charge is 2.28. The van der Waals surface area contributed by atoms with Crippen LogP contribution in [0.15, 0.2) is 18.2 Å². The Hall–Kier alpha value is -1.28. The van der Waals surface area contributed by atoms with Gasteiger partial charge in [0.1, 0.15) is 0 Å². The first-order chi connectivity index (χ1) is 8.69. The molecule has 1 aromatic carbocycles. The fourth-order valence-corrected chi connectivity index (χ4v) is 4.23. The number of sulfonamides is 2. The summed E-state index contributed by atoms with van der Waals surface area (Å²) in [6.07, 6.45) is 1.69. The molecule has 1 saturated heterocycles. The predicted octanol–water partition coefficient (Wildman–Crippen LogP) is 0.906. The van der Waals surface area contributed by atoms with Crippen LogP contribution in [0.3, 0.4) is 0 Å². The summed E-state index contributed by atoms with van der Waals surface area (Å²) in [5.74, 6) is 0.162. The molecule has 0 atom stereocenters. The summed E-state index contributed by atoms with van der Waals surface area (Å²) in [6, 6.07) is 4.87. The number of anilines is 2. The molecular formula is C11H16N2O4S2. The molecule has 0 bridgehead atoms. The maximum atomic E-state index is 11.8. The molecule has 0 unspecified atom stereocenters. The molecule has 1 heterocycles. The number of rotatable bonds is 3. The fourth-order valence-electron chi connectivity index (χ4n) is 2.05. The SMILES string of the molecule is Cc1cc(N2CCCS2(=O)=O)ccc1NS(C)(=O)=O. The lowest BCUT2D eigenvalue weighted by Crippen LogP contribution is -2.25. The van der Waals surface area contributed by atoms with Crippen molar-refractivity contribution in [2.24, 2.45) is 0 Å². The molecule has 8 heteroatoms. The molecule has 1 aromatic rings. The Balaban J connectivity index is 2.34. The lowest BCUT2D eigenvalue weighted by Gasteiger charge is -2.18. The van der Waals surface area contributed by atoms with Crippen molar-refractivity contribution in [3.05, 3.63) is 23.8 Å². The molecule has 0 aromatic heterocycles. The first kappa shape index (κ1) is 14.1. The number of hydrogen-bond donors (Lipinski definition) is 1. The molecule has 1 fully saturated rings. The van der Waals surface area contributed by atoms with Crippen LogP contribution < -0.4 is 9.03 Å². The molecule has 1 aliphatic heterocycles. The summed E-state index contributed by atoms with van der Waals surface area (Å²) in [4.78, 5) is 0. The van der Waals surface area contributed by atoms with Crippen LogP contribution >= 0.6 is 0 Å². The summed E-state index contributed by atoms with van der Waals surface area (Å²) in [7, 11) is -6.55. The van der Waals surface area contributed by atoms with Gasteiger partial charge in [0.25, 0.3) is 0 Å². The number of nitrogens with zero attached hydrogens (tertiary/aromatic N) is 1. The van der Waals surface area contributed by atoms with E-state index in [0.29, 0.717) is 29.9 Å². The zero-order chi connectivity index (χ0) is 14.3. The quantitative estimate of drug-likeness (QED) is 0.899. The van der Waals surface area contributed by atoms with Gasteiger partial charge in [-0.1, -0.05) is 0 Å². The highest BCUT2D eigenvalue weighted by atomic mass is 32.2. The first-order valence-corrected chi connectivity index (χ1v) is 9.28. The van der Waals surface area contributed by atoms with Crippen molar-refractivity contribution in [2.75, 3.05) is 27.6 Å². The van der Waals surface area contributed by atoms with Gasteiger partial charge >= 0.3 is 0 Å². The Morgan fingerprint density at radius 2 is 2.00 bits per heavy atom. The van der Waals surface area contributed by atoms with E-state index in [-0.39, 0.29) is 5.75 Å². The van der Waals surface area contributed by atoms with Gasteiger partial charge in [-0.05, 0) is 37.1 Å². The lowest BCUT2D eigenvalue weighted by atomic mass is 10.2. The molecule has 19 heavy (non-hydrogen) atoms. The minimum Gasteiger partial charge on any atom is -0.284 e. The van der Waals surface area contributed by atoms with Gasteiger partial charge in [-0.15, -0.1) is 0 Å². The standard InChI is InChI=1S/C11H16N2O4S2/c1-9-8-10(13-6-3-7-19(13,16)17)4-5-11(9)12-18(2,14)15/h4-5,8,12H,3,6-7H2,1-2H3. The Morgan fingerprint density at radius 1 is 1.32 bits per heavy atom. The second-order valence-electron chi connectivity index (χ2n) is 4.62. The largest absolute Gasteiger partial charge is 0.284 e. The number of benzene rings is 1. The highest BCUT2D eigenvalue weighted by molar-refractivity contribution is 7.93. The van der Waals surface area contributed by atoms with Crippen LogP contribution in [0.2, 0.25) is 0 Å². The average Bonchev–Trinajstić information content (AvgIpc) is 2.59. The van der Waals surface area contributed by atoms with Crippen LogP contribution in [0.5, 0.6) is 0 Å². The van der Waals surface area contributed by atoms with Crippen LogP contribution in [-0.2, 0) is 20.0 Å². The van der Waals surface area contributed by atoms with Gasteiger partial charge in [-0.2, -0.15) is 0 Å². The van der Waals surface area contributed by atoms with E-state index in [1.807, 2.05) is 0 Å². The van der Waals surface area contributed by atoms with Crippen molar-refractivity contribution in [3.63, 3.8) is 0 Å². The minimum atomic E-state index is -3.34. The molecular weight excluding hydrogens is 288 g/mol. The maximum Gasteiger partial charge on any atom is 0.235 e. The Morgan fingerprint density at radius 3 is 2.47 bits per heavy atom. The van der Waals surface area contributed by atoms with Crippen LogP contribution in [0, 0.1) is 6.92 Å². The van der Waals surface area contributed by atoms with Gasteiger partial charge in [-0.25, -0.2) is 16.8 Å². The number of aryl methyl sites for hydroxylation is 1. The summed E-state index contributed by atoms with van der Waals surface area (Å²) in [5.41, 5.74) is 1.72. The smallest absolute Gasteiger partial charge is 0.235 e. The van der Waals surface area contributed by atoms with E-state index in [0.717, 1.165) is 6.26 Å². The Kier molecular flexibility index (Phi) is 3.48. The normalized spacial score (nSPS) is 18.5. The zero-order valence-electron chi connectivity index (χ0n) is 10.8. The van der Waals surface area contributed by atoms with Crippen molar-refractivity contribution >= 4 is 31.4 Å². The van der Waals surface area contributed by atoms with Gasteiger partial charge in [-0.3, -0.25) is 9.03 Å². The van der Waals surface area contributed by atoms with Gasteiger partial charge in [0.15, 0.2) is 0 Å². The Labute approximate surface area is 113 Å². The van der Waals surface area contributed by atoms with E-state index >= 15 is 0 Å². The average molecular weight is 304 g/mol. The van der Waals surface area contributed by atoms with Gasteiger partial charge < -0.3 is 0 Å². The molecule has 6 nitrogen and oxygen atoms in total. The van der Waals surface area contributed by atoms with Crippen molar-refractivity contribution < 1.29 is 16.8 Å². The molecule has 1 aliphatic rings. The molecule has 1 N–H and O–H groups in total. The van der Waals surface area contributed by atoms with Crippen LogP contribution in [-0.4, -0.2) is 35.4 Å². The molecule has 0 amide bonds. The van der Waals surface area contributed by atoms with E-state index in [2.05, 4.69) is 4.72 Å². The van der Waals surface area contributed by atoms with E-state index in [1.165, 1.54) is 4.31 Å². The van der Waals surface area contributed by atoms with E-state index in [1.54, 1.807) is 25.1 Å². The second-order valence-corrected chi connectivity index (χ2v) is 8.38. The van der Waals surface area contributed by atoms with Gasteiger partial charge in [0.05, 0.1) is 23.4 Å². The van der Waals surface area contributed by atoms with Crippen LogP contribution in [0.1, 0.15) is 12.0 Å². The minimum absolute atomic E-state index is 0.162. The van der Waals surface area contributed by atoms with Crippen LogP contribution in [0.4, 0.5) is 11.4 Å². The molecule has 0 spiro atoms. The number of hydrogen-bond acceptors (Lipinski definition) is 4. The number of nitrogens with one attached hydrogen (secondary N) is 1. The predicted molar refractivity (Wildman–Crippen MR) is 75.4 cm³/mol. The van der Waals surface area contributed by atoms with Gasteiger partial charge in [0.2, 0.25) is 20.0 Å². The van der Waals surface area contributed by atoms with Gasteiger partial charge in [0, 0.05) is 6.54 Å². The van der Waals surface area contributed by atoms with Crippen LogP contribution in [0.25, 0.3) is 0 Å². The van der Waals surface area contributed by atoms with E-state index in [9.17, 15) is 16.8 Å². The Bertz CT molecular complexity index is 695. The monoisotopic (exact) mass is 304 g/mol. The van der Waals surface area contributed by atoms with Crippen molar-refractivity contribution in [2.45, 2.75) is 13.3 Å². The van der Waals surface area contributed by atoms with Crippen molar-refractivity contribution in [1.29, 1.82) is 0 Å².